The van der Waals surface area contributed by atoms with Crippen molar-refractivity contribution in [3.8, 4) is 0 Å². The van der Waals surface area contributed by atoms with Crippen molar-refractivity contribution in [2.24, 2.45) is 0 Å². The van der Waals surface area contributed by atoms with E-state index >= 15 is 0 Å². The van der Waals surface area contributed by atoms with E-state index in [1.807, 2.05) is 18.2 Å². The third kappa shape index (κ3) is 1.79. The topological polar surface area (TPSA) is 50.9 Å². The quantitative estimate of drug-likeness (QED) is 0.727. The first-order valence-electron chi connectivity index (χ1n) is 6.39. The maximum Gasteiger partial charge on any atom is 0.136 e. The highest BCUT2D eigenvalue weighted by Gasteiger charge is 2.22. The van der Waals surface area contributed by atoms with E-state index in [1.54, 1.807) is 6.20 Å². The van der Waals surface area contributed by atoms with Gasteiger partial charge in [-0.2, -0.15) is 0 Å². The maximum atomic E-state index is 9.55. The molecule has 0 aliphatic rings. The molecular formula is C15H17N3O. The third-order valence-electron chi connectivity index (χ3n) is 3.27. The van der Waals surface area contributed by atoms with Crippen LogP contribution in [0.3, 0.4) is 0 Å². The fraction of sp³-hybridized carbons (Fsp3) is 0.333. The highest BCUT2D eigenvalue weighted by molar-refractivity contribution is 6.02. The molecule has 0 spiro atoms. The lowest BCUT2D eigenvalue weighted by molar-refractivity contribution is 0.252. The number of para-hydroxylation sites is 1. The molecule has 19 heavy (non-hydrogen) atoms. The molecule has 3 rings (SSSR count). The zero-order valence-electron chi connectivity index (χ0n) is 11.4. The van der Waals surface area contributed by atoms with Crippen molar-refractivity contribution in [3.63, 3.8) is 0 Å². The molecule has 0 aliphatic heterocycles. The van der Waals surface area contributed by atoms with Crippen LogP contribution in [-0.4, -0.2) is 19.6 Å². The Kier molecular flexibility index (Phi) is 2.57. The second-order valence-corrected chi connectivity index (χ2v) is 5.70. The summed E-state index contributed by atoms with van der Waals surface area (Å²) in [6.45, 7) is 6.27. The molecule has 4 nitrogen and oxygen atoms in total. The Morgan fingerprint density at radius 1 is 1.16 bits per heavy atom. The van der Waals surface area contributed by atoms with Crippen molar-refractivity contribution in [1.29, 1.82) is 0 Å². The first-order valence-corrected chi connectivity index (χ1v) is 6.39. The van der Waals surface area contributed by atoms with Gasteiger partial charge in [-0.3, -0.25) is 4.98 Å². The minimum absolute atomic E-state index is 0.0692. The standard InChI is InChI=1S/C15H17N3O/c1-15(2,3)18-13(9-19)17-12-8-16-11-7-5-4-6-10(11)14(12)18/h4-8,19H,9H2,1-3H3. The van der Waals surface area contributed by atoms with Crippen LogP contribution in [-0.2, 0) is 12.1 Å². The number of hydrogen-bond donors (Lipinski definition) is 1. The third-order valence-corrected chi connectivity index (χ3v) is 3.27. The summed E-state index contributed by atoms with van der Waals surface area (Å²) in [4.78, 5) is 8.92. The minimum atomic E-state index is -0.142. The summed E-state index contributed by atoms with van der Waals surface area (Å²) in [5.74, 6) is 0.681. The Morgan fingerprint density at radius 3 is 2.58 bits per heavy atom. The lowest BCUT2D eigenvalue weighted by Gasteiger charge is -2.24. The van der Waals surface area contributed by atoms with Crippen LogP contribution in [0.4, 0.5) is 0 Å². The van der Waals surface area contributed by atoms with Crippen LogP contribution in [0, 0.1) is 0 Å². The van der Waals surface area contributed by atoms with E-state index in [-0.39, 0.29) is 12.1 Å². The smallest absolute Gasteiger partial charge is 0.136 e. The predicted octanol–water partition coefficient (Wildman–Crippen LogP) is 2.83. The van der Waals surface area contributed by atoms with Crippen LogP contribution < -0.4 is 0 Å². The second-order valence-electron chi connectivity index (χ2n) is 5.70. The Morgan fingerprint density at radius 2 is 1.89 bits per heavy atom. The molecule has 2 heterocycles. The fourth-order valence-electron chi connectivity index (χ4n) is 2.58. The van der Waals surface area contributed by atoms with Gasteiger partial charge in [0, 0.05) is 10.9 Å². The van der Waals surface area contributed by atoms with Crippen molar-refractivity contribution in [2.45, 2.75) is 32.9 Å². The van der Waals surface area contributed by atoms with E-state index in [2.05, 4.69) is 41.4 Å². The van der Waals surface area contributed by atoms with Gasteiger partial charge in [0.2, 0.25) is 0 Å². The number of aromatic nitrogens is 3. The molecule has 2 aromatic heterocycles. The predicted molar refractivity (Wildman–Crippen MR) is 76.0 cm³/mol. The van der Waals surface area contributed by atoms with E-state index in [1.165, 1.54) is 0 Å². The van der Waals surface area contributed by atoms with Crippen molar-refractivity contribution in [2.75, 3.05) is 0 Å². The number of nitrogens with zero attached hydrogens (tertiary/aromatic N) is 3. The lowest BCUT2D eigenvalue weighted by atomic mass is 10.1. The van der Waals surface area contributed by atoms with E-state index < -0.39 is 0 Å². The number of rotatable bonds is 1. The zero-order valence-corrected chi connectivity index (χ0v) is 11.4. The molecule has 1 aromatic carbocycles. The number of fused-ring (bicyclic) bond motifs is 3. The Labute approximate surface area is 111 Å². The van der Waals surface area contributed by atoms with Gasteiger partial charge in [-0.15, -0.1) is 0 Å². The van der Waals surface area contributed by atoms with E-state index in [0.29, 0.717) is 5.82 Å². The van der Waals surface area contributed by atoms with Gasteiger partial charge in [-0.05, 0) is 26.8 Å². The number of aliphatic hydroxyl groups excluding tert-OH is 1. The highest BCUT2D eigenvalue weighted by Crippen LogP contribution is 2.29. The van der Waals surface area contributed by atoms with Gasteiger partial charge in [0.05, 0.1) is 17.2 Å². The lowest BCUT2D eigenvalue weighted by Crippen LogP contribution is -2.24. The van der Waals surface area contributed by atoms with Gasteiger partial charge in [0.1, 0.15) is 17.9 Å². The molecule has 0 saturated heterocycles. The molecule has 0 bridgehead atoms. The molecule has 0 amide bonds. The molecule has 3 aromatic rings. The normalized spacial score (nSPS) is 12.4. The van der Waals surface area contributed by atoms with Crippen molar-refractivity contribution in [1.82, 2.24) is 14.5 Å². The molecule has 0 radical (unpaired) electrons. The molecule has 4 heteroatoms. The monoisotopic (exact) mass is 255 g/mol. The molecule has 1 N–H and O–H groups in total. The Balaban J connectivity index is 2.53. The summed E-state index contributed by atoms with van der Waals surface area (Å²) in [5, 5.41) is 10.6. The summed E-state index contributed by atoms with van der Waals surface area (Å²) in [6, 6.07) is 8.02. The zero-order chi connectivity index (χ0) is 13.6. The molecule has 98 valence electrons. The summed E-state index contributed by atoms with van der Waals surface area (Å²) < 4.78 is 2.10. The number of pyridine rings is 1. The van der Waals surface area contributed by atoms with E-state index in [9.17, 15) is 5.11 Å². The van der Waals surface area contributed by atoms with Crippen molar-refractivity contribution in [3.05, 3.63) is 36.3 Å². The highest BCUT2D eigenvalue weighted by atomic mass is 16.3. The van der Waals surface area contributed by atoms with E-state index in [4.69, 9.17) is 0 Å². The summed E-state index contributed by atoms with van der Waals surface area (Å²) in [7, 11) is 0. The Hall–Kier alpha value is -1.94. The minimum Gasteiger partial charge on any atom is -0.388 e. The van der Waals surface area contributed by atoms with Crippen LogP contribution in [0.5, 0.6) is 0 Å². The number of imidazole rings is 1. The molecule has 0 unspecified atom stereocenters. The van der Waals surface area contributed by atoms with Gasteiger partial charge in [-0.25, -0.2) is 4.98 Å². The first-order chi connectivity index (χ1) is 9.02. The molecule has 0 saturated carbocycles. The average molecular weight is 255 g/mol. The SMILES string of the molecule is CC(C)(C)n1c(CO)nc2cnc3ccccc3c21. The van der Waals surface area contributed by atoms with Gasteiger partial charge in [-0.1, -0.05) is 18.2 Å². The maximum absolute atomic E-state index is 9.55. The summed E-state index contributed by atoms with van der Waals surface area (Å²) in [6.07, 6.45) is 1.78. The van der Waals surface area contributed by atoms with Crippen LogP contribution in [0.25, 0.3) is 21.9 Å². The van der Waals surface area contributed by atoms with Gasteiger partial charge < -0.3 is 9.67 Å². The summed E-state index contributed by atoms with van der Waals surface area (Å²) >= 11 is 0. The molecule has 0 fully saturated rings. The average Bonchev–Trinajstić information content (AvgIpc) is 2.77. The molecule has 0 aliphatic carbocycles. The molecule has 0 atom stereocenters. The number of aliphatic hydroxyl groups is 1. The van der Waals surface area contributed by atoms with Gasteiger partial charge >= 0.3 is 0 Å². The number of hydrogen-bond acceptors (Lipinski definition) is 3. The van der Waals surface area contributed by atoms with Crippen LogP contribution in [0.15, 0.2) is 30.5 Å². The van der Waals surface area contributed by atoms with Gasteiger partial charge in [0.15, 0.2) is 0 Å². The second kappa shape index (κ2) is 4.03. The summed E-state index contributed by atoms with van der Waals surface area (Å²) in [5.41, 5.74) is 2.68. The van der Waals surface area contributed by atoms with Crippen molar-refractivity contribution >= 4 is 21.9 Å². The molecular weight excluding hydrogens is 238 g/mol. The Bertz CT molecular complexity index is 753. The van der Waals surface area contributed by atoms with Crippen LogP contribution in [0.1, 0.15) is 26.6 Å². The first kappa shape index (κ1) is 12.1. The van der Waals surface area contributed by atoms with Crippen LogP contribution in [0.2, 0.25) is 0 Å². The largest absolute Gasteiger partial charge is 0.388 e. The van der Waals surface area contributed by atoms with Gasteiger partial charge in [0.25, 0.3) is 0 Å². The van der Waals surface area contributed by atoms with Crippen molar-refractivity contribution < 1.29 is 5.11 Å². The van der Waals surface area contributed by atoms with E-state index in [0.717, 1.165) is 21.9 Å². The fourth-order valence-corrected chi connectivity index (χ4v) is 2.58. The number of benzene rings is 1. The van der Waals surface area contributed by atoms with Crippen LogP contribution >= 0.6 is 0 Å².